The van der Waals surface area contributed by atoms with Gasteiger partial charge in [0, 0.05) is 19.1 Å². The number of nitrogens with one attached hydrogen (secondary N) is 1. The number of rotatable bonds is 7. The minimum Gasteiger partial charge on any atom is -0.315 e. The number of sulfone groups is 1. The summed E-state index contributed by atoms with van der Waals surface area (Å²) in [7, 11) is -0.726. The molecule has 17 heavy (non-hydrogen) atoms. The lowest BCUT2D eigenvalue weighted by Crippen LogP contribution is -2.38. The Morgan fingerprint density at radius 3 is 2.59 bits per heavy atom. The Bertz CT molecular complexity index is 314. The summed E-state index contributed by atoms with van der Waals surface area (Å²) in [6.45, 7) is 7.36. The van der Waals surface area contributed by atoms with Crippen LogP contribution in [-0.2, 0) is 9.84 Å². The lowest BCUT2D eigenvalue weighted by molar-refractivity contribution is 0.261. The fraction of sp³-hybridized carbons (Fsp3) is 1.00. The van der Waals surface area contributed by atoms with Crippen LogP contribution in [0, 0.1) is 5.92 Å². The first-order chi connectivity index (χ1) is 7.91. The van der Waals surface area contributed by atoms with Crippen LogP contribution in [0.1, 0.15) is 26.7 Å². The number of likely N-dealkylation sites (N-methyl/N-ethyl adjacent to an activating group) is 1. The molecule has 1 heterocycles. The van der Waals surface area contributed by atoms with Crippen molar-refractivity contribution in [3.8, 4) is 0 Å². The van der Waals surface area contributed by atoms with Crippen LogP contribution in [0.25, 0.3) is 0 Å². The van der Waals surface area contributed by atoms with E-state index in [4.69, 9.17) is 0 Å². The van der Waals surface area contributed by atoms with Crippen LogP contribution < -0.4 is 5.32 Å². The zero-order chi connectivity index (χ0) is 12.9. The second-order valence-electron chi connectivity index (χ2n) is 5.47. The van der Waals surface area contributed by atoms with Crippen LogP contribution in [0.15, 0.2) is 0 Å². The van der Waals surface area contributed by atoms with E-state index in [9.17, 15) is 8.42 Å². The predicted molar refractivity (Wildman–Crippen MR) is 72.0 cm³/mol. The van der Waals surface area contributed by atoms with Gasteiger partial charge < -0.3 is 10.2 Å². The van der Waals surface area contributed by atoms with Gasteiger partial charge in [-0.15, -0.1) is 0 Å². The van der Waals surface area contributed by atoms with E-state index in [1.54, 1.807) is 0 Å². The molecule has 1 rings (SSSR count). The third-order valence-corrected chi connectivity index (χ3v) is 5.12. The Morgan fingerprint density at radius 2 is 2.06 bits per heavy atom. The van der Waals surface area contributed by atoms with E-state index in [0.717, 1.165) is 32.0 Å². The van der Waals surface area contributed by atoms with Gasteiger partial charge in [-0.3, -0.25) is 0 Å². The lowest BCUT2D eigenvalue weighted by atomic mass is 10.1. The lowest BCUT2D eigenvalue weighted by Gasteiger charge is -2.23. The van der Waals surface area contributed by atoms with E-state index in [-0.39, 0.29) is 6.04 Å². The largest absolute Gasteiger partial charge is 0.315 e. The minimum absolute atomic E-state index is 0.229. The van der Waals surface area contributed by atoms with E-state index in [1.165, 1.54) is 6.42 Å². The summed E-state index contributed by atoms with van der Waals surface area (Å²) in [5, 5.41) is 3.40. The Kier molecular flexibility index (Phi) is 5.89. The van der Waals surface area contributed by atoms with Crippen LogP contribution >= 0.6 is 0 Å². The molecule has 0 spiro atoms. The van der Waals surface area contributed by atoms with Crippen LogP contribution in [0.4, 0.5) is 0 Å². The molecule has 102 valence electrons. The van der Waals surface area contributed by atoms with Crippen molar-refractivity contribution in [3.05, 3.63) is 0 Å². The zero-order valence-corrected chi connectivity index (χ0v) is 12.1. The van der Waals surface area contributed by atoms with Gasteiger partial charge in [0.1, 0.15) is 0 Å². The van der Waals surface area contributed by atoms with Gasteiger partial charge >= 0.3 is 0 Å². The smallest absolute Gasteiger partial charge is 0.151 e. The van der Waals surface area contributed by atoms with Crippen molar-refractivity contribution in [2.75, 3.05) is 38.2 Å². The monoisotopic (exact) mass is 262 g/mol. The molecule has 0 aromatic heterocycles. The molecule has 5 heteroatoms. The molecule has 0 aromatic rings. The molecule has 1 aliphatic heterocycles. The highest BCUT2D eigenvalue weighted by Crippen LogP contribution is 2.15. The first-order valence-electron chi connectivity index (χ1n) is 6.52. The SMILES string of the molecule is CC(C)CCNCCN(C)C1CCS(=O)(=O)C1. The Balaban J connectivity index is 2.11. The molecule has 1 atom stereocenters. The second-order valence-corrected chi connectivity index (χ2v) is 7.70. The average molecular weight is 262 g/mol. The van der Waals surface area contributed by atoms with Crippen molar-refractivity contribution in [1.82, 2.24) is 10.2 Å². The summed E-state index contributed by atoms with van der Waals surface area (Å²) in [6, 6.07) is 0.229. The highest BCUT2D eigenvalue weighted by atomic mass is 32.2. The van der Waals surface area contributed by atoms with Gasteiger partial charge in [-0.05, 0) is 32.4 Å². The molecule has 0 aliphatic carbocycles. The standard InChI is InChI=1S/C12H26N2O2S/c1-11(2)4-6-13-7-8-14(3)12-5-9-17(15,16)10-12/h11-13H,4-10H2,1-3H3. The number of hydrogen-bond donors (Lipinski definition) is 1. The van der Waals surface area contributed by atoms with Crippen molar-refractivity contribution in [1.29, 1.82) is 0 Å². The summed E-state index contributed by atoms with van der Waals surface area (Å²) >= 11 is 0. The van der Waals surface area contributed by atoms with E-state index < -0.39 is 9.84 Å². The van der Waals surface area contributed by atoms with Crippen molar-refractivity contribution < 1.29 is 8.42 Å². The molecule has 0 bridgehead atoms. The van der Waals surface area contributed by atoms with E-state index in [1.807, 2.05) is 7.05 Å². The predicted octanol–water partition coefficient (Wildman–Crippen LogP) is 0.741. The summed E-state index contributed by atoms with van der Waals surface area (Å²) in [6.07, 6.45) is 1.99. The van der Waals surface area contributed by atoms with Crippen molar-refractivity contribution in [3.63, 3.8) is 0 Å². The van der Waals surface area contributed by atoms with Crippen LogP contribution in [0.5, 0.6) is 0 Å². The highest BCUT2D eigenvalue weighted by molar-refractivity contribution is 7.91. The quantitative estimate of drug-likeness (QED) is 0.688. The Morgan fingerprint density at radius 1 is 1.35 bits per heavy atom. The molecule has 0 saturated carbocycles. The van der Waals surface area contributed by atoms with E-state index in [2.05, 4.69) is 24.1 Å². The molecule has 1 aliphatic rings. The van der Waals surface area contributed by atoms with Crippen molar-refractivity contribution in [2.45, 2.75) is 32.7 Å². The average Bonchev–Trinajstić information content (AvgIpc) is 2.57. The van der Waals surface area contributed by atoms with Crippen molar-refractivity contribution >= 4 is 9.84 Å². The zero-order valence-electron chi connectivity index (χ0n) is 11.3. The molecule has 0 radical (unpaired) electrons. The molecule has 1 fully saturated rings. The number of nitrogens with zero attached hydrogens (tertiary/aromatic N) is 1. The first kappa shape index (κ1) is 14.9. The molecule has 0 aromatic carbocycles. The van der Waals surface area contributed by atoms with E-state index >= 15 is 0 Å². The molecule has 1 N–H and O–H groups in total. The summed E-state index contributed by atoms with van der Waals surface area (Å²) in [5.41, 5.74) is 0. The van der Waals surface area contributed by atoms with Gasteiger partial charge in [0.15, 0.2) is 9.84 Å². The molecule has 1 saturated heterocycles. The second kappa shape index (κ2) is 6.71. The molecule has 1 unspecified atom stereocenters. The van der Waals surface area contributed by atoms with Gasteiger partial charge in [-0.2, -0.15) is 0 Å². The molecular formula is C12H26N2O2S. The fourth-order valence-electron chi connectivity index (χ4n) is 2.08. The summed E-state index contributed by atoms with van der Waals surface area (Å²) in [4.78, 5) is 2.17. The van der Waals surface area contributed by atoms with Gasteiger partial charge in [-0.1, -0.05) is 13.8 Å². The topological polar surface area (TPSA) is 49.4 Å². The van der Waals surface area contributed by atoms with Crippen LogP contribution in [-0.4, -0.2) is 57.5 Å². The third-order valence-electron chi connectivity index (χ3n) is 3.37. The summed E-state index contributed by atoms with van der Waals surface area (Å²) in [5.74, 6) is 1.44. The Hall–Kier alpha value is -0.130. The normalized spacial score (nSPS) is 23.7. The minimum atomic E-state index is -2.75. The van der Waals surface area contributed by atoms with Gasteiger partial charge in [0.2, 0.25) is 0 Å². The maximum absolute atomic E-state index is 11.4. The maximum Gasteiger partial charge on any atom is 0.151 e. The highest BCUT2D eigenvalue weighted by Gasteiger charge is 2.30. The molecular weight excluding hydrogens is 236 g/mol. The first-order valence-corrected chi connectivity index (χ1v) is 8.34. The van der Waals surface area contributed by atoms with Crippen LogP contribution in [0.2, 0.25) is 0 Å². The number of hydrogen-bond acceptors (Lipinski definition) is 4. The van der Waals surface area contributed by atoms with Crippen LogP contribution in [0.3, 0.4) is 0 Å². The van der Waals surface area contributed by atoms with Gasteiger partial charge in [0.05, 0.1) is 11.5 Å². The van der Waals surface area contributed by atoms with Gasteiger partial charge in [0.25, 0.3) is 0 Å². The Labute approximate surface area is 106 Å². The molecule has 4 nitrogen and oxygen atoms in total. The fourth-order valence-corrected chi connectivity index (χ4v) is 3.88. The van der Waals surface area contributed by atoms with Gasteiger partial charge in [-0.25, -0.2) is 8.42 Å². The molecule has 0 amide bonds. The van der Waals surface area contributed by atoms with Crippen molar-refractivity contribution in [2.24, 2.45) is 5.92 Å². The van der Waals surface area contributed by atoms with E-state index in [0.29, 0.717) is 11.5 Å². The third kappa shape index (κ3) is 5.84. The maximum atomic E-state index is 11.4. The summed E-state index contributed by atoms with van der Waals surface area (Å²) < 4.78 is 22.7.